The summed E-state index contributed by atoms with van der Waals surface area (Å²) in [6, 6.07) is 7.59. The molecule has 6 rings (SSSR count). The van der Waals surface area contributed by atoms with E-state index in [0.29, 0.717) is 65.6 Å². The average Bonchev–Trinajstić information content (AvgIpc) is 3.70. The number of aliphatic hydroxyl groups excluding tert-OH is 1. The Bertz CT molecular complexity index is 1570. The molecule has 0 saturated carbocycles. The molecule has 3 aromatic heterocycles. The molecule has 2 aliphatic heterocycles. The number of rotatable bonds is 8. The molecule has 1 fully saturated rings. The van der Waals surface area contributed by atoms with Gasteiger partial charge in [-0.25, -0.2) is 9.78 Å². The highest BCUT2D eigenvalue weighted by Crippen LogP contribution is 2.38. The molecule has 2 aliphatic rings. The van der Waals surface area contributed by atoms with E-state index in [0.717, 1.165) is 28.0 Å². The topological polar surface area (TPSA) is 175 Å². The van der Waals surface area contributed by atoms with E-state index in [4.69, 9.17) is 14.7 Å². The summed E-state index contributed by atoms with van der Waals surface area (Å²) < 4.78 is 5.14. The van der Waals surface area contributed by atoms with Gasteiger partial charge in [-0.1, -0.05) is 35.6 Å². The molecule has 41 heavy (non-hydrogen) atoms. The molecule has 0 spiro atoms. The molecule has 1 aromatic carbocycles. The molecule has 5 heterocycles. The van der Waals surface area contributed by atoms with Crippen LogP contribution in [0.3, 0.4) is 0 Å². The van der Waals surface area contributed by atoms with Crippen LogP contribution in [0.25, 0.3) is 11.4 Å². The number of carbonyl (C=O) groups is 2. The quantitative estimate of drug-likeness (QED) is 0.262. The molecule has 3 N–H and O–H groups in total. The number of esters is 1. The first-order valence-electron chi connectivity index (χ1n) is 13.3. The van der Waals surface area contributed by atoms with Gasteiger partial charge in [-0.15, -0.1) is 10.2 Å². The van der Waals surface area contributed by atoms with E-state index in [2.05, 4.69) is 35.8 Å². The van der Waals surface area contributed by atoms with Crippen molar-refractivity contribution in [3.8, 4) is 11.4 Å². The number of amides is 1. The molecule has 14 nitrogen and oxygen atoms in total. The normalized spacial score (nSPS) is 15.3. The fourth-order valence-electron chi connectivity index (χ4n) is 4.92. The predicted octanol–water partition coefficient (Wildman–Crippen LogP) is 2.39. The van der Waals surface area contributed by atoms with Crippen molar-refractivity contribution in [2.75, 3.05) is 34.8 Å². The summed E-state index contributed by atoms with van der Waals surface area (Å²) in [6.07, 6.45) is 1.04. The number of aryl methyl sites for hydroxylation is 1. The van der Waals surface area contributed by atoms with Crippen LogP contribution in [-0.4, -0.2) is 78.4 Å². The van der Waals surface area contributed by atoms with Gasteiger partial charge in [-0.3, -0.25) is 15.0 Å². The summed E-state index contributed by atoms with van der Waals surface area (Å²) in [7, 11) is 0. The number of tetrazole rings is 1. The Labute approximate surface area is 238 Å². The van der Waals surface area contributed by atoms with E-state index in [9.17, 15) is 14.7 Å². The zero-order chi connectivity index (χ0) is 28.5. The number of hydrogen-bond acceptors (Lipinski definition) is 13. The molecular weight excluding hydrogens is 548 g/mol. The lowest BCUT2D eigenvalue weighted by atomic mass is 10.1. The van der Waals surface area contributed by atoms with Crippen molar-refractivity contribution in [2.24, 2.45) is 0 Å². The number of nitrogens with one attached hydrogen (secondary N) is 2. The van der Waals surface area contributed by atoms with Crippen LogP contribution in [0.2, 0.25) is 0 Å². The summed E-state index contributed by atoms with van der Waals surface area (Å²) >= 11 is 1.16. The lowest BCUT2D eigenvalue weighted by Gasteiger charge is -2.31. The highest BCUT2D eigenvalue weighted by atomic mass is 32.1. The van der Waals surface area contributed by atoms with Crippen molar-refractivity contribution in [3.05, 3.63) is 46.0 Å². The van der Waals surface area contributed by atoms with E-state index >= 15 is 0 Å². The van der Waals surface area contributed by atoms with Crippen molar-refractivity contribution < 1.29 is 19.4 Å². The minimum atomic E-state index is -0.430. The van der Waals surface area contributed by atoms with Crippen molar-refractivity contribution in [3.63, 3.8) is 0 Å². The molecule has 0 aliphatic carbocycles. The number of H-pyrrole nitrogens is 1. The van der Waals surface area contributed by atoms with Crippen LogP contribution in [0.5, 0.6) is 0 Å². The minimum Gasteiger partial charge on any atom is -0.462 e. The van der Waals surface area contributed by atoms with E-state index in [1.165, 1.54) is 0 Å². The van der Waals surface area contributed by atoms with E-state index < -0.39 is 5.97 Å². The van der Waals surface area contributed by atoms with Gasteiger partial charge in [0.15, 0.2) is 5.13 Å². The van der Waals surface area contributed by atoms with Gasteiger partial charge in [0, 0.05) is 24.2 Å². The van der Waals surface area contributed by atoms with Crippen molar-refractivity contribution in [1.82, 2.24) is 35.6 Å². The molecule has 15 heteroatoms. The number of anilines is 4. The van der Waals surface area contributed by atoms with Gasteiger partial charge in [0.1, 0.15) is 16.5 Å². The SMILES string of the molecule is CCOC(=O)c1sc(Nc2nc(N3CCC(O)CC3)c3c(n2)N(Cc2ccc(-c4nn[nH]n4)cc2)C(=O)C3)nc1C. The smallest absolute Gasteiger partial charge is 0.350 e. The highest BCUT2D eigenvalue weighted by molar-refractivity contribution is 7.17. The molecule has 0 bridgehead atoms. The molecule has 212 valence electrons. The van der Waals surface area contributed by atoms with Gasteiger partial charge in [-0.2, -0.15) is 15.2 Å². The molecule has 1 saturated heterocycles. The van der Waals surface area contributed by atoms with Gasteiger partial charge in [0.2, 0.25) is 17.7 Å². The standard InChI is InChI=1S/C26H28N10O4S/c1-3-40-24(39)20-14(2)27-26(41-20)30-25-28-22(35-10-8-17(37)9-11-35)18-12-19(38)36(23(18)29-25)13-15-4-6-16(7-5-15)21-31-33-34-32-21/h4-7,17,37H,3,8-13H2,1-2H3,(H,27,28,29,30)(H,31,32,33,34). The summed E-state index contributed by atoms with van der Waals surface area (Å²) in [5.74, 6) is 1.42. The van der Waals surface area contributed by atoms with Crippen LogP contribution in [0.4, 0.5) is 22.7 Å². The zero-order valence-corrected chi connectivity index (χ0v) is 23.3. The van der Waals surface area contributed by atoms with Crippen LogP contribution in [-0.2, 0) is 22.5 Å². The second kappa shape index (κ2) is 11.2. The van der Waals surface area contributed by atoms with Crippen molar-refractivity contribution >= 4 is 45.9 Å². The Hall–Kier alpha value is -4.50. The number of hydrogen-bond donors (Lipinski definition) is 3. The number of thiazole rings is 1. The predicted molar refractivity (Wildman–Crippen MR) is 150 cm³/mol. The third-order valence-corrected chi connectivity index (χ3v) is 8.04. The maximum Gasteiger partial charge on any atom is 0.350 e. The van der Waals surface area contributed by atoms with Crippen LogP contribution in [0, 0.1) is 6.92 Å². The largest absolute Gasteiger partial charge is 0.462 e. The third-order valence-electron chi connectivity index (χ3n) is 6.99. The molecule has 0 atom stereocenters. The van der Waals surface area contributed by atoms with Gasteiger partial charge < -0.3 is 14.7 Å². The molecule has 0 radical (unpaired) electrons. The summed E-state index contributed by atoms with van der Waals surface area (Å²) in [4.78, 5) is 43.8. The second-order valence-corrected chi connectivity index (χ2v) is 10.8. The van der Waals surface area contributed by atoms with Crippen LogP contribution in [0.15, 0.2) is 24.3 Å². The van der Waals surface area contributed by atoms with E-state index in [-0.39, 0.29) is 31.0 Å². The number of ether oxygens (including phenoxy) is 1. The number of fused-ring (bicyclic) bond motifs is 1. The summed E-state index contributed by atoms with van der Waals surface area (Å²) in [5.41, 5.74) is 3.01. The number of aromatic nitrogens is 7. The highest BCUT2D eigenvalue weighted by Gasteiger charge is 2.35. The average molecular weight is 577 g/mol. The third kappa shape index (κ3) is 5.45. The van der Waals surface area contributed by atoms with Crippen molar-refractivity contribution in [1.29, 1.82) is 0 Å². The summed E-state index contributed by atoms with van der Waals surface area (Å²) in [6.45, 7) is 5.30. The monoisotopic (exact) mass is 576 g/mol. The fourth-order valence-corrected chi connectivity index (χ4v) is 5.78. The Morgan fingerprint density at radius 3 is 2.63 bits per heavy atom. The Morgan fingerprint density at radius 1 is 1.17 bits per heavy atom. The fraction of sp³-hybridized carbons (Fsp3) is 0.385. The van der Waals surface area contributed by atoms with Crippen LogP contribution in [0.1, 0.15) is 46.3 Å². The van der Waals surface area contributed by atoms with Crippen LogP contribution >= 0.6 is 11.3 Å². The zero-order valence-electron chi connectivity index (χ0n) is 22.5. The van der Waals surface area contributed by atoms with Gasteiger partial charge >= 0.3 is 5.97 Å². The maximum atomic E-state index is 13.3. The number of carbonyl (C=O) groups excluding carboxylic acids is 2. The van der Waals surface area contributed by atoms with Gasteiger partial charge in [0.05, 0.1) is 31.4 Å². The molecule has 4 aromatic rings. The minimum absolute atomic E-state index is 0.0818. The lowest BCUT2D eigenvalue weighted by Crippen LogP contribution is -2.37. The first-order valence-corrected chi connectivity index (χ1v) is 14.1. The summed E-state index contributed by atoms with van der Waals surface area (Å²) in [5, 5.41) is 27.7. The molecular formula is C26H28N10O4S. The Kier molecular flexibility index (Phi) is 7.28. The number of aromatic amines is 1. The lowest BCUT2D eigenvalue weighted by molar-refractivity contribution is -0.117. The van der Waals surface area contributed by atoms with Gasteiger partial charge in [0.25, 0.3) is 0 Å². The number of benzene rings is 1. The van der Waals surface area contributed by atoms with Crippen LogP contribution < -0.4 is 15.1 Å². The van der Waals surface area contributed by atoms with E-state index in [1.54, 1.807) is 18.7 Å². The number of nitrogens with zero attached hydrogens (tertiary/aromatic N) is 8. The second-order valence-electron chi connectivity index (χ2n) is 9.76. The van der Waals surface area contributed by atoms with E-state index in [1.807, 2.05) is 24.3 Å². The van der Waals surface area contributed by atoms with Crippen molar-refractivity contribution in [2.45, 2.75) is 45.8 Å². The first-order chi connectivity index (χ1) is 19.9. The Balaban J connectivity index is 1.32. The molecule has 0 unspecified atom stereocenters. The number of aliphatic hydroxyl groups is 1. The van der Waals surface area contributed by atoms with Gasteiger partial charge in [-0.05, 0) is 37.5 Å². The Morgan fingerprint density at radius 2 is 1.93 bits per heavy atom. The number of piperidine rings is 1. The first kappa shape index (κ1) is 26.7. The molecule has 1 amide bonds. The maximum absolute atomic E-state index is 13.3.